The summed E-state index contributed by atoms with van der Waals surface area (Å²) in [5.74, 6) is -1.22. The SMILES string of the molecule is Cc1cc2c(N(C)C)c(C(=O)[O-])cnn2c1Br.[K+]. The number of nitrogens with zero attached hydrogens (tertiary/aromatic N) is 3. The van der Waals surface area contributed by atoms with Crippen LogP contribution >= 0.6 is 15.9 Å². The van der Waals surface area contributed by atoms with Gasteiger partial charge in [0.15, 0.2) is 0 Å². The largest absolute Gasteiger partial charge is 1.00 e. The van der Waals surface area contributed by atoms with Gasteiger partial charge in [-0.2, -0.15) is 5.10 Å². The van der Waals surface area contributed by atoms with Crippen molar-refractivity contribution in [2.45, 2.75) is 6.92 Å². The number of aryl methyl sites for hydroxylation is 1. The van der Waals surface area contributed by atoms with Gasteiger partial charge in [0.1, 0.15) is 4.60 Å². The predicted molar refractivity (Wildman–Crippen MR) is 66.3 cm³/mol. The van der Waals surface area contributed by atoms with Crippen molar-refractivity contribution in [1.29, 1.82) is 0 Å². The summed E-state index contributed by atoms with van der Waals surface area (Å²) in [5, 5.41) is 15.2. The van der Waals surface area contributed by atoms with Crippen LogP contribution in [-0.2, 0) is 0 Å². The quantitative estimate of drug-likeness (QED) is 0.586. The standard InChI is InChI=1S/C11H12BrN3O2.K/c1-6-4-8-9(14(2)3)7(11(16)17)5-13-15(8)10(6)12;/h4-5H,1-3H3,(H,16,17);/q;+1/p-1. The zero-order valence-corrected chi connectivity index (χ0v) is 15.4. The number of aromatic nitrogens is 2. The minimum atomic E-state index is -1.22. The minimum absolute atomic E-state index is 0. The monoisotopic (exact) mass is 335 g/mol. The molecule has 0 bridgehead atoms. The van der Waals surface area contributed by atoms with Gasteiger partial charge in [0, 0.05) is 19.7 Å². The Hall–Kier alpha value is 0.0764. The van der Waals surface area contributed by atoms with Crippen molar-refractivity contribution in [3.8, 4) is 0 Å². The molecule has 0 N–H and O–H groups in total. The Morgan fingerprint density at radius 3 is 2.61 bits per heavy atom. The minimum Gasteiger partial charge on any atom is -0.545 e. The van der Waals surface area contributed by atoms with Crippen LogP contribution in [-0.4, -0.2) is 29.7 Å². The number of aromatic carboxylic acids is 1. The molecule has 0 fully saturated rings. The van der Waals surface area contributed by atoms with Gasteiger partial charge in [0.25, 0.3) is 0 Å². The van der Waals surface area contributed by atoms with E-state index >= 15 is 0 Å². The Kier molecular flexibility index (Phi) is 5.40. The Morgan fingerprint density at radius 2 is 2.11 bits per heavy atom. The summed E-state index contributed by atoms with van der Waals surface area (Å²) in [4.78, 5) is 12.8. The van der Waals surface area contributed by atoms with Crippen LogP contribution < -0.4 is 61.4 Å². The first-order valence-electron chi connectivity index (χ1n) is 4.99. The Labute approximate surface area is 156 Å². The van der Waals surface area contributed by atoms with Gasteiger partial charge in [0.2, 0.25) is 0 Å². The number of carboxylic acids is 1. The van der Waals surface area contributed by atoms with Gasteiger partial charge >= 0.3 is 51.4 Å². The number of fused-ring (bicyclic) bond motifs is 1. The van der Waals surface area contributed by atoms with Gasteiger partial charge < -0.3 is 14.8 Å². The van der Waals surface area contributed by atoms with Crippen LogP contribution in [0.1, 0.15) is 15.9 Å². The van der Waals surface area contributed by atoms with Crippen molar-refractivity contribution in [2.75, 3.05) is 19.0 Å². The Balaban J connectivity index is 0.00000162. The number of carbonyl (C=O) groups excluding carboxylic acids is 1. The van der Waals surface area contributed by atoms with E-state index in [1.807, 2.05) is 13.0 Å². The molecule has 0 saturated carbocycles. The molecule has 0 aromatic carbocycles. The van der Waals surface area contributed by atoms with Crippen molar-refractivity contribution in [1.82, 2.24) is 9.61 Å². The molecule has 2 aromatic rings. The van der Waals surface area contributed by atoms with Crippen LogP contribution in [0.2, 0.25) is 0 Å². The van der Waals surface area contributed by atoms with E-state index in [9.17, 15) is 9.90 Å². The summed E-state index contributed by atoms with van der Waals surface area (Å²) in [6.07, 6.45) is 1.31. The molecule has 0 atom stereocenters. The molecule has 90 valence electrons. The number of hydrogen-bond donors (Lipinski definition) is 0. The molecule has 7 heteroatoms. The summed E-state index contributed by atoms with van der Waals surface area (Å²) in [6, 6.07) is 1.89. The van der Waals surface area contributed by atoms with Gasteiger partial charge in [-0.3, -0.25) is 0 Å². The number of anilines is 1. The van der Waals surface area contributed by atoms with Crippen molar-refractivity contribution < 1.29 is 61.3 Å². The number of carboxylic acid groups (broad SMARTS) is 1. The third kappa shape index (κ3) is 2.66. The van der Waals surface area contributed by atoms with Crippen molar-refractivity contribution in [2.24, 2.45) is 0 Å². The molecule has 0 aliphatic rings. The molecule has 2 heterocycles. The number of rotatable bonds is 2. The molecule has 5 nitrogen and oxygen atoms in total. The summed E-state index contributed by atoms with van der Waals surface area (Å²) in [7, 11) is 3.58. The zero-order chi connectivity index (χ0) is 12.7. The van der Waals surface area contributed by atoms with Crippen molar-refractivity contribution in [3.05, 3.63) is 28.0 Å². The number of hydrogen-bond acceptors (Lipinski definition) is 4. The van der Waals surface area contributed by atoms with Crippen molar-refractivity contribution >= 4 is 33.1 Å². The van der Waals surface area contributed by atoms with Crippen LogP contribution in [0.15, 0.2) is 16.9 Å². The zero-order valence-electron chi connectivity index (χ0n) is 10.7. The molecular formula is C11H11BrKN3O2. The molecule has 18 heavy (non-hydrogen) atoms. The first kappa shape index (κ1) is 16.1. The van der Waals surface area contributed by atoms with E-state index in [1.54, 1.807) is 23.5 Å². The predicted octanol–water partition coefficient (Wildman–Crippen LogP) is -2.16. The van der Waals surface area contributed by atoms with E-state index in [1.165, 1.54) is 6.20 Å². The average Bonchev–Trinajstić information content (AvgIpc) is 2.53. The van der Waals surface area contributed by atoms with E-state index in [0.717, 1.165) is 15.7 Å². The number of halogens is 1. The fraction of sp³-hybridized carbons (Fsp3) is 0.273. The van der Waals surface area contributed by atoms with Gasteiger partial charge in [0.05, 0.1) is 23.4 Å². The van der Waals surface area contributed by atoms with E-state index in [-0.39, 0.29) is 56.9 Å². The third-order valence-electron chi connectivity index (χ3n) is 2.56. The summed E-state index contributed by atoms with van der Waals surface area (Å²) in [5.41, 5.74) is 2.42. The molecule has 0 aliphatic carbocycles. The second kappa shape index (κ2) is 6.02. The summed E-state index contributed by atoms with van der Waals surface area (Å²) < 4.78 is 2.48. The van der Waals surface area contributed by atoms with Gasteiger partial charge in [-0.1, -0.05) is 0 Å². The van der Waals surface area contributed by atoms with E-state index in [0.29, 0.717) is 5.69 Å². The molecule has 0 aliphatic heterocycles. The van der Waals surface area contributed by atoms with E-state index in [4.69, 9.17) is 0 Å². The third-order valence-corrected chi connectivity index (χ3v) is 3.52. The molecule has 0 amide bonds. The summed E-state index contributed by atoms with van der Waals surface area (Å²) >= 11 is 3.41. The maximum Gasteiger partial charge on any atom is 1.00 e. The van der Waals surface area contributed by atoms with Crippen LogP contribution in [0.4, 0.5) is 5.69 Å². The maximum atomic E-state index is 11.1. The molecular weight excluding hydrogens is 325 g/mol. The second-order valence-corrected chi connectivity index (χ2v) is 4.76. The van der Waals surface area contributed by atoms with Crippen molar-refractivity contribution in [3.63, 3.8) is 0 Å². The van der Waals surface area contributed by atoms with Crippen LogP contribution in [0.5, 0.6) is 0 Å². The van der Waals surface area contributed by atoms with E-state index in [2.05, 4.69) is 21.0 Å². The summed E-state index contributed by atoms with van der Waals surface area (Å²) in [6.45, 7) is 1.93. The molecule has 2 rings (SSSR count). The Morgan fingerprint density at radius 1 is 1.50 bits per heavy atom. The van der Waals surface area contributed by atoms with Crippen LogP contribution in [0.25, 0.3) is 5.52 Å². The molecule has 2 aromatic heterocycles. The fourth-order valence-electron chi connectivity index (χ4n) is 1.81. The maximum absolute atomic E-state index is 11.1. The normalized spacial score (nSPS) is 10.2. The topological polar surface area (TPSA) is 60.7 Å². The Bertz CT molecular complexity index is 610. The van der Waals surface area contributed by atoms with Gasteiger partial charge in [-0.05, 0) is 34.5 Å². The van der Waals surface area contributed by atoms with Crippen LogP contribution in [0, 0.1) is 6.92 Å². The fourth-order valence-corrected chi connectivity index (χ4v) is 2.21. The first-order chi connectivity index (χ1) is 7.93. The smallest absolute Gasteiger partial charge is 0.545 e. The average molecular weight is 336 g/mol. The first-order valence-corrected chi connectivity index (χ1v) is 5.78. The molecule has 0 unspecified atom stereocenters. The number of carbonyl (C=O) groups is 1. The van der Waals surface area contributed by atoms with Crippen LogP contribution in [0.3, 0.4) is 0 Å². The molecule has 0 radical (unpaired) electrons. The molecule has 0 spiro atoms. The van der Waals surface area contributed by atoms with Gasteiger partial charge in [-0.25, -0.2) is 4.52 Å². The van der Waals surface area contributed by atoms with Gasteiger partial charge in [-0.15, -0.1) is 0 Å². The second-order valence-electron chi connectivity index (χ2n) is 4.00. The van der Waals surface area contributed by atoms with E-state index < -0.39 is 5.97 Å². The molecule has 0 saturated heterocycles.